The first kappa shape index (κ1) is 8.09. The average molecular weight is 167 g/mol. The van der Waals surface area contributed by atoms with E-state index in [1.54, 1.807) is 0 Å². The number of amides is 1. The number of hydrogen-bond acceptors (Lipinski definition) is 1. The van der Waals surface area contributed by atoms with Crippen LogP contribution in [0.15, 0.2) is 0 Å². The van der Waals surface area contributed by atoms with Gasteiger partial charge in [0.2, 0.25) is 5.91 Å². The first-order chi connectivity index (χ1) is 5.79. The van der Waals surface area contributed by atoms with Gasteiger partial charge in [-0.1, -0.05) is 32.6 Å². The van der Waals surface area contributed by atoms with Crippen molar-refractivity contribution in [2.75, 3.05) is 6.54 Å². The van der Waals surface area contributed by atoms with E-state index in [2.05, 4.69) is 12.2 Å². The molecule has 2 unspecified atom stereocenters. The molecule has 1 saturated carbocycles. The van der Waals surface area contributed by atoms with Gasteiger partial charge in [-0.25, -0.2) is 0 Å². The maximum atomic E-state index is 11.2. The third kappa shape index (κ3) is 1.23. The van der Waals surface area contributed by atoms with Crippen molar-refractivity contribution < 1.29 is 4.79 Å². The molecule has 2 fully saturated rings. The van der Waals surface area contributed by atoms with Crippen molar-refractivity contribution in [3.63, 3.8) is 0 Å². The molecule has 2 atom stereocenters. The average Bonchev–Trinajstić information content (AvgIpc) is 2.64. The van der Waals surface area contributed by atoms with Gasteiger partial charge < -0.3 is 5.32 Å². The second-order valence-corrected chi connectivity index (χ2v) is 4.24. The maximum Gasteiger partial charge on any atom is 0.223 e. The van der Waals surface area contributed by atoms with Gasteiger partial charge in [-0.05, 0) is 11.8 Å². The van der Waals surface area contributed by atoms with Crippen LogP contribution in [0.5, 0.6) is 0 Å². The molecular formula is C10H17NO. The van der Waals surface area contributed by atoms with Gasteiger partial charge in [0.05, 0.1) is 0 Å². The van der Waals surface area contributed by atoms with Crippen LogP contribution in [0, 0.1) is 17.8 Å². The first-order valence-electron chi connectivity index (χ1n) is 5.07. The molecule has 1 aliphatic heterocycles. The topological polar surface area (TPSA) is 29.1 Å². The predicted octanol–water partition coefficient (Wildman–Crippen LogP) is 1.56. The van der Waals surface area contributed by atoms with E-state index in [4.69, 9.17) is 0 Å². The summed E-state index contributed by atoms with van der Waals surface area (Å²) in [6, 6.07) is 0. The van der Waals surface area contributed by atoms with Crippen molar-refractivity contribution >= 4 is 5.91 Å². The molecule has 1 aliphatic carbocycles. The van der Waals surface area contributed by atoms with Crippen LogP contribution in [0.25, 0.3) is 0 Å². The van der Waals surface area contributed by atoms with E-state index in [1.807, 2.05) is 0 Å². The standard InChI is InChI=1S/C10H17NO/c1-7-9(6-11-10(7)12)8-4-2-3-5-8/h7-9H,2-6H2,1H3,(H,11,12). The molecule has 0 aromatic rings. The van der Waals surface area contributed by atoms with Crippen LogP contribution in [-0.2, 0) is 4.79 Å². The van der Waals surface area contributed by atoms with Crippen molar-refractivity contribution in [3.8, 4) is 0 Å². The minimum absolute atomic E-state index is 0.270. The third-order valence-corrected chi connectivity index (χ3v) is 3.57. The number of nitrogens with one attached hydrogen (secondary N) is 1. The molecule has 1 saturated heterocycles. The molecule has 0 aromatic carbocycles. The highest BCUT2D eigenvalue weighted by Gasteiger charge is 2.37. The van der Waals surface area contributed by atoms with Crippen molar-refractivity contribution in [2.24, 2.45) is 17.8 Å². The molecule has 2 aliphatic rings. The quantitative estimate of drug-likeness (QED) is 0.631. The molecule has 1 heterocycles. The normalized spacial score (nSPS) is 37.2. The Kier molecular flexibility index (Phi) is 2.07. The van der Waals surface area contributed by atoms with Crippen molar-refractivity contribution in [1.29, 1.82) is 0 Å². The summed E-state index contributed by atoms with van der Waals surface area (Å²) in [6.07, 6.45) is 5.46. The van der Waals surface area contributed by atoms with E-state index in [1.165, 1.54) is 25.7 Å². The van der Waals surface area contributed by atoms with Gasteiger partial charge in [0.1, 0.15) is 0 Å². The van der Waals surface area contributed by atoms with Gasteiger partial charge in [-0.15, -0.1) is 0 Å². The second kappa shape index (κ2) is 3.08. The van der Waals surface area contributed by atoms with Gasteiger partial charge in [-0.3, -0.25) is 4.79 Å². The van der Waals surface area contributed by atoms with Crippen molar-refractivity contribution in [3.05, 3.63) is 0 Å². The monoisotopic (exact) mass is 167 g/mol. The first-order valence-corrected chi connectivity index (χ1v) is 5.07. The fraction of sp³-hybridized carbons (Fsp3) is 0.900. The van der Waals surface area contributed by atoms with Crippen LogP contribution in [0.1, 0.15) is 32.6 Å². The molecule has 0 spiro atoms. The molecule has 0 bridgehead atoms. The zero-order chi connectivity index (χ0) is 8.55. The van der Waals surface area contributed by atoms with Crippen LogP contribution in [-0.4, -0.2) is 12.5 Å². The Morgan fingerprint density at radius 3 is 2.50 bits per heavy atom. The zero-order valence-electron chi connectivity index (χ0n) is 7.68. The fourth-order valence-electron chi connectivity index (χ4n) is 2.71. The summed E-state index contributed by atoms with van der Waals surface area (Å²) in [4.78, 5) is 11.2. The Bertz CT molecular complexity index is 184. The second-order valence-electron chi connectivity index (χ2n) is 4.24. The third-order valence-electron chi connectivity index (χ3n) is 3.57. The van der Waals surface area contributed by atoms with Crippen LogP contribution in [0.2, 0.25) is 0 Å². The summed E-state index contributed by atoms with van der Waals surface area (Å²) in [6.45, 7) is 3.01. The van der Waals surface area contributed by atoms with E-state index in [0.29, 0.717) is 5.92 Å². The SMILES string of the molecule is CC1C(=O)NCC1C1CCCC1. The molecule has 0 aromatic heterocycles. The molecule has 2 rings (SSSR count). The van der Waals surface area contributed by atoms with E-state index < -0.39 is 0 Å². The van der Waals surface area contributed by atoms with E-state index in [9.17, 15) is 4.79 Å². The van der Waals surface area contributed by atoms with E-state index in [-0.39, 0.29) is 11.8 Å². The summed E-state index contributed by atoms with van der Waals surface area (Å²) in [7, 11) is 0. The highest BCUT2D eigenvalue weighted by Crippen LogP contribution is 2.36. The van der Waals surface area contributed by atoms with Gasteiger partial charge in [0, 0.05) is 12.5 Å². The van der Waals surface area contributed by atoms with Gasteiger partial charge >= 0.3 is 0 Å². The Morgan fingerprint density at radius 2 is 2.00 bits per heavy atom. The number of hydrogen-bond donors (Lipinski definition) is 1. The summed E-state index contributed by atoms with van der Waals surface area (Å²) < 4.78 is 0. The molecule has 12 heavy (non-hydrogen) atoms. The minimum Gasteiger partial charge on any atom is -0.356 e. The fourth-order valence-corrected chi connectivity index (χ4v) is 2.71. The van der Waals surface area contributed by atoms with E-state index >= 15 is 0 Å². The molecule has 1 N–H and O–H groups in total. The largest absolute Gasteiger partial charge is 0.356 e. The van der Waals surface area contributed by atoms with Crippen LogP contribution < -0.4 is 5.32 Å². The Labute approximate surface area is 73.7 Å². The molecule has 0 radical (unpaired) electrons. The summed E-state index contributed by atoms with van der Waals surface area (Å²) in [5, 5.41) is 2.96. The summed E-state index contributed by atoms with van der Waals surface area (Å²) in [5.41, 5.74) is 0. The van der Waals surface area contributed by atoms with Crippen LogP contribution in [0.4, 0.5) is 0 Å². The van der Waals surface area contributed by atoms with Crippen LogP contribution >= 0.6 is 0 Å². The number of carbonyl (C=O) groups excluding carboxylic acids is 1. The van der Waals surface area contributed by atoms with Crippen LogP contribution in [0.3, 0.4) is 0 Å². The molecule has 68 valence electrons. The minimum atomic E-state index is 0.270. The summed E-state index contributed by atoms with van der Waals surface area (Å²) in [5.74, 6) is 2.01. The lowest BCUT2D eigenvalue weighted by molar-refractivity contribution is -0.122. The molecule has 2 nitrogen and oxygen atoms in total. The van der Waals surface area contributed by atoms with Gasteiger partial charge in [0.15, 0.2) is 0 Å². The van der Waals surface area contributed by atoms with Crippen molar-refractivity contribution in [1.82, 2.24) is 5.32 Å². The lowest BCUT2D eigenvalue weighted by Gasteiger charge is -2.19. The Morgan fingerprint density at radius 1 is 1.33 bits per heavy atom. The molecule has 2 heteroatoms. The molecular weight excluding hydrogens is 150 g/mol. The van der Waals surface area contributed by atoms with Gasteiger partial charge in [0.25, 0.3) is 0 Å². The highest BCUT2D eigenvalue weighted by molar-refractivity contribution is 5.80. The van der Waals surface area contributed by atoms with Crippen molar-refractivity contribution in [2.45, 2.75) is 32.6 Å². The van der Waals surface area contributed by atoms with E-state index in [0.717, 1.165) is 12.5 Å². The lowest BCUT2D eigenvalue weighted by atomic mass is 9.84. The summed E-state index contributed by atoms with van der Waals surface area (Å²) >= 11 is 0. The maximum absolute atomic E-state index is 11.2. The Balaban J connectivity index is 1.99. The smallest absolute Gasteiger partial charge is 0.223 e. The lowest BCUT2D eigenvalue weighted by Crippen LogP contribution is -2.19. The zero-order valence-corrected chi connectivity index (χ0v) is 7.68. The van der Waals surface area contributed by atoms with Gasteiger partial charge in [-0.2, -0.15) is 0 Å². The molecule has 1 amide bonds. The number of carbonyl (C=O) groups is 1. The Hall–Kier alpha value is -0.530. The number of rotatable bonds is 1. The highest BCUT2D eigenvalue weighted by atomic mass is 16.2. The predicted molar refractivity (Wildman–Crippen MR) is 47.6 cm³/mol.